The van der Waals surface area contributed by atoms with Gasteiger partial charge in [0, 0.05) is 26.6 Å². The summed E-state index contributed by atoms with van der Waals surface area (Å²) < 4.78 is 10.8. The molecule has 11 heteroatoms. The molecule has 1 aliphatic carbocycles. The summed E-state index contributed by atoms with van der Waals surface area (Å²) in [5, 5.41) is 18.9. The molecule has 1 aliphatic rings. The smallest absolute Gasteiger partial charge is 0.272 e. The second kappa shape index (κ2) is 15.5. The van der Waals surface area contributed by atoms with Crippen molar-refractivity contribution in [2.24, 2.45) is 5.92 Å². The third-order valence-electron chi connectivity index (χ3n) is 7.60. The normalized spacial score (nSPS) is 13.9. The third kappa shape index (κ3) is 8.41. The number of anilines is 2. The fourth-order valence-corrected chi connectivity index (χ4v) is 7.31. The van der Waals surface area contributed by atoms with Crippen LogP contribution >= 0.6 is 23.1 Å². The van der Waals surface area contributed by atoms with Crippen molar-refractivity contribution in [2.45, 2.75) is 31.1 Å². The van der Waals surface area contributed by atoms with E-state index in [1.807, 2.05) is 6.07 Å². The summed E-state index contributed by atoms with van der Waals surface area (Å²) >= 11 is 2.81. The molecule has 3 N–H and O–H groups in total. The molecule has 0 spiro atoms. The first-order valence-corrected chi connectivity index (χ1v) is 16.8. The van der Waals surface area contributed by atoms with Gasteiger partial charge in [0.05, 0.1) is 25.5 Å². The summed E-state index contributed by atoms with van der Waals surface area (Å²) in [6.45, 7) is 2.20. The summed E-state index contributed by atoms with van der Waals surface area (Å²) in [5.41, 5.74) is 3.03. The highest BCUT2D eigenvalue weighted by Gasteiger charge is 2.25. The molecule has 4 aromatic rings. The van der Waals surface area contributed by atoms with E-state index in [9.17, 15) is 19.6 Å². The average molecular weight is 667 g/mol. The second-order valence-electron chi connectivity index (χ2n) is 11.0. The van der Waals surface area contributed by atoms with Gasteiger partial charge in [-0.25, -0.2) is 0 Å². The Morgan fingerprint density at radius 2 is 1.83 bits per heavy atom. The van der Waals surface area contributed by atoms with E-state index in [0.717, 1.165) is 29.7 Å². The van der Waals surface area contributed by atoms with Gasteiger partial charge < -0.3 is 25.4 Å². The number of hydrogen-bond acceptors (Lipinski definition) is 8. The maximum atomic E-state index is 13.6. The zero-order valence-corrected chi connectivity index (χ0v) is 27.8. The van der Waals surface area contributed by atoms with Crippen molar-refractivity contribution in [1.82, 2.24) is 5.32 Å². The minimum atomic E-state index is -0.556. The number of hydrogen-bond donors (Lipinski definition) is 3. The zero-order valence-electron chi connectivity index (χ0n) is 26.2. The van der Waals surface area contributed by atoms with Crippen LogP contribution in [-0.2, 0) is 22.4 Å². The van der Waals surface area contributed by atoms with E-state index in [1.165, 1.54) is 48.3 Å². The molecule has 5 rings (SSSR count). The van der Waals surface area contributed by atoms with Crippen LogP contribution in [0.25, 0.3) is 6.08 Å². The summed E-state index contributed by atoms with van der Waals surface area (Å²) in [4.78, 5) is 41.5. The molecule has 1 atom stereocenters. The largest absolute Gasteiger partial charge is 0.497 e. The molecule has 0 saturated heterocycles. The maximum Gasteiger partial charge on any atom is 0.272 e. The number of amides is 3. The van der Waals surface area contributed by atoms with E-state index in [0.29, 0.717) is 44.8 Å². The molecule has 1 aromatic heterocycles. The highest BCUT2D eigenvalue weighted by molar-refractivity contribution is 8.00. The standard InChI is InChI=1S/C36H34N4O5S2/c1-22-12-14-28-29(20-37)36(47-32(28)16-22)40-33(41)21-46-27-11-7-10-25(19-27)38-35(43)30(39-34(42)23-8-5-4-6-9-23)18-24-17-26(44-2)13-15-31(24)45-3/h4-11,13,15,17-19,22H,12,14,16,21H2,1-3H3,(H,38,43)(H,39,42)(H,40,41)/b30-18+. The number of nitrogens with one attached hydrogen (secondary N) is 3. The Kier molecular flexibility index (Phi) is 11.0. The summed E-state index contributed by atoms with van der Waals surface area (Å²) in [6.07, 6.45) is 4.36. The first-order valence-electron chi connectivity index (χ1n) is 15.0. The molecular formula is C36H34N4O5S2. The second-order valence-corrected chi connectivity index (χ2v) is 13.1. The fourth-order valence-electron chi connectivity index (χ4n) is 5.18. The van der Waals surface area contributed by atoms with Gasteiger partial charge in [-0.1, -0.05) is 31.2 Å². The SMILES string of the molecule is COc1ccc(OC)c(/C=C(/NC(=O)c2ccccc2)C(=O)Nc2cccc(SCC(=O)Nc3sc4c(c3C#N)CCC(C)C4)c2)c1. The van der Waals surface area contributed by atoms with Gasteiger partial charge in [-0.05, 0) is 85.4 Å². The van der Waals surface area contributed by atoms with Crippen LogP contribution in [0.4, 0.5) is 10.7 Å². The van der Waals surface area contributed by atoms with E-state index in [2.05, 4.69) is 28.9 Å². The molecule has 240 valence electrons. The number of nitriles is 1. The number of ether oxygens (including phenoxy) is 2. The Hall–Kier alpha value is -5.05. The van der Waals surface area contributed by atoms with E-state index < -0.39 is 11.8 Å². The van der Waals surface area contributed by atoms with Crippen molar-refractivity contribution in [1.29, 1.82) is 5.26 Å². The molecule has 3 aromatic carbocycles. The monoisotopic (exact) mass is 666 g/mol. The summed E-state index contributed by atoms with van der Waals surface area (Å²) in [6, 6.07) is 23.1. The van der Waals surface area contributed by atoms with Gasteiger partial charge in [0.1, 0.15) is 28.3 Å². The van der Waals surface area contributed by atoms with Crippen LogP contribution in [0.2, 0.25) is 0 Å². The summed E-state index contributed by atoms with van der Waals surface area (Å²) in [5.74, 6) is 0.501. The quantitative estimate of drug-likeness (QED) is 0.117. The van der Waals surface area contributed by atoms with Gasteiger partial charge in [0.2, 0.25) is 5.91 Å². The average Bonchev–Trinajstić information content (AvgIpc) is 3.42. The molecule has 0 radical (unpaired) electrons. The molecule has 0 aliphatic heterocycles. The number of benzene rings is 3. The lowest BCUT2D eigenvalue weighted by Crippen LogP contribution is -2.30. The third-order valence-corrected chi connectivity index (χ3v) is 9.77. The Balaban J connectivity index is 1.30. The predicted molar refractivity (Wildman–Crippen MR) is 186 cm³/mol. The molecule has 0 fully saturated rings. The van der Waals surface area contributed by atoms with Gasteiger partial charge in [0.25, 0.3) is 11.8 Å². The van der Waals surface area contributed by atoms with Crippen LogP contribution in [-0.4, -0.2) is 37.7 Å². The van der Waals surface area contributed by atoms with Gasteiger partial charge >= 0.3 is 0 Å². The fraction of sp³-hybridized carbons (Fsp3) is 0.222. The van der Waals surface area contributed by atoms with Crippen LogP contribution in [0.3, 0.4) is 0 Å². The molecule has 9 nitrogen and oxygen atoms in total. The number of methoxy groups -OCH3 is 2. The number of rotatable bonds is 11. The first kappa shape index (κ1) is 33.3. The van der Waals surface area contributed by atoms with Gasteiger partial charge in [0.15, 0.2) is 0 Å². The number of thiophene rings is 1. The van der Waals surface area contributed by atoms with Gasteiger partial charge in [-0.3, -0.25) is 14.4 Å². The van der Waals surface area contributed by atoms with Crippen molar-refractivity contribution in [2.75, 3.05) is 30.6 Å². The van der Waals surface area contributed by atoms with Crippen LogP contribution in [0.15, 0.2) is 83.4 Å². The predicted octanol–water partition coefficient (Wildman–Crippen LogP) is 6.90. The van der Waals surface area contributed by atoms with Crippen molar-refractivity contribution in [3.05, 3.63) is 106 Å². The first-order chi connectivity index (χ1) is 22.8. The summed E-state index contributed by atoms with van der Waals surface area (Å²) in [7, 11) is 3.05. The lowest BCUT2D eigenvalue weighted by molar-refractivity contribution is -0.114. The minimum absolute atomic E-state index is 0.0100. The molecule has 3 amide bonds. The van der Waals surface area contributed by atoms with E-state index in [-0.39, 0.29) is 17.4 Å². The number of carbonyl (C=O) groups excluding carboxylic acids is 3. The lowest BCUT2D eigenvalue weighted by Gasteiger charge is -2.17. The number of fused-ring (bicyclic) bond motifs is 1. The molecule has 0 saturated carbocycles. The van der Waals surface area contributed by atoms with Crippen LogP contribution in [0, 0.1) is 17.2 Å². The number of nitrogens with zero attached hydrogens (tertiary/aromatic N) is 1. The van der Waals surface area contributed by atoms with Gasteiger partial charge in [-0.2, -0.15) is 5.26 Å². The Morgan fingerprint density at radius 3 is 2.57 bits per heavy atom. The highest BCUT2D eigenvalue weighted by atomic mass is 32.2. The van der Waals surface area contributed by atoms with Crippen molar-refractivity contribution in [3.8, 4) is 17.6 Å². The molecule has 0 bridgehead atoms. The van der Waals surface area contributed by atoms with Crippen molar-refractivity contribution in [3.63, 3.8) is 0 Å². The topological polar surface area (TPSA) is 130 Å². The Labute approximate surface area is 282 Å². The van der Waals surface area contributed by atoms with E-state index in [1.54, 1.807) is 66.7 Å². The molecule has 1 heterocycles. The maximum absolute atomic E-state index is 13.6. The van der Waals surface area contributed by atoms with Crippen molar-refractivity contribution >= 4 is 57.6 Å². The van der Waals surface area contributed by atoms with Crippen LogP contribution in [0.5, 0.6) is 11.5 Å². The van der Waals surface area contributed by atoms with Crippen LogP contribution < -0.4 is 25.4 Å². The lowest BCUT2D eigenvalue weighted by atomic mass is 9.89. The molecular weight excluding hydrogens is 633 g/mol. The number of carbonyl (C=O) groups is 3. The number of thioether (sulfide) groups is 1. The van der Waals surface area contributed by atoms with E-state index >= 15 is 0 Å². The Bertz CT molecular complexity index is 1860. The van der Waals surface area contributed by atoms with Crippen LogP contribution in [0.1, 0.15) is 45.3 Å². The van der Waals surface area contributed by atoms with Crippen molar-refractivity contribution < 1.29 is 23.9 Å². The highest BCUT2D eigenvalue weighted by Crippen LogP contribution is 2.39. The Morgan fingerprint density at radius 1 is 1.02 bits per heavy atom. The van der Waals surface area contributed by atoms with Gasteiger partial charge in [-0.15, -0.1) is 23.1 Å². The zero-order chi connectivity index (χ0) is 33.3. The minimum Gasteiger partial charge on any atom is -0.497 e. The van der Waals surface area contributed by atoms with E-state index in [4.69, 9.17) is 9.47 Å². The molecule has 1 unspecified atom stereocenters. The molecule has 47 heavy (non-hydrogen) atoms.